The molecule has 3 rings (SSSR count). The van der Waals surface area contributed by atoms with Crippen LogP contribution in [0, 0.1) is 0 Å². The van der Waals surface area contributed by atoms with Crippen LogP contribution in [0.2, 0.25) is 0 Å². The lowest BCUT2D eigenvalue weighted by atomic mass is 10.2. The minimum atomic E-state index is 0. The molecule has 1 amide bonds. The molecule has 0 bridgehead atoms. The van der Waals surface area contributed by atoms with Gasteiger partial charge in [-0.15, -0.1) is 24.0 Å². The number of carbonyl (C=O) groups is 1. The number of guanidine groups is 1. The summed E-state index contributed by atoms with van der Waals surface area (Å²) >= 11 is 0. The van der Waals surface area contributed by atoms with Crippen molar-refractivity contribution in [2.45, 2.75) is 18.9 Å². The number of ether oxygens (including phenoxy) is 1. The Morgan fingerprint density at radius 3 is 2.56 bits per heavy atom. The van der Waals surface area contributed by atoms with Crippen molar-refractivity contribution in [1.82, 2.24) is 15.5 Å². The molecule has 0 spiro atoms. The number of nitrogens with zero attached hydrogens (tertiary/aromatic N) is 3. The summed E-state index contributed by atoms with van der Waals surface area (Å²) in [5.41, 5.74) is 1.22. The van der Waals surface area contributed by atoms with Gasteiger partial charge in [0.1, 0.15) is 0 Å². The predicted molar refractivity (Wildman–Crippen MR) is 119 cm³/mol. The average Bonchev–Trinajstić information content (AvgIpc) is 3.22. The number of rotatable bonds is 5. The van der Waals surface area contributed by atoms with E-state index in [0.29, 0.717) is 5.96 Å². The maximum absolute atomic E-state index is 12.5. The molecule has 0 radical (unpaired) electrons. The first-order valence-electron chi connectivity index (χ1n) is 9.40. The molecular formula is C19H30IN5O2. The standard InChI is InChI=1S/C19H29N5O2.HI/c1-20-19(21-14-17-8-5-13-26-17)22-15-18(25)24-11-9-23(10-12-24)16-6-3-2-4-7-16;/h2-4,6-7,17H,5,8-15H2,1H3,(H2,20,21,22);1H. The van der Waals surface area contributed by atoms with E-state index in [9.17, 15) is 4.79 Å². The van der Waals surface area contributed by atoms with Gasteiger partial charge >= 0.3 is 0 Å². The van der Waals surface area contributed by atoms with Gasteiger partial charge < -0.3 is 25.2 Å². The van der Waals surface area contributed by atoms with Crippen molar-refractivity contribution >= 4 is 41.5 Å². The van der Waals surface area contributed by atoms with E-state index in [4.69, 9.17) is 4.74 Å². The number of hydrogen-bond donors (Lipinski definition) is 2. The van der Waals surface area contributed by atoms with E-state index in [1.165, 1.54) is 5.69 Å². The minimum absolute atomic E-state index is 0. The number of hydrogen-bond acceptors (Lipinski definition) is 4. The molecule has 150 valence electrons. The van der Waals surface area contributed by atoms with Crippen LogP contribution >= 0.6 is 24.0 Å². The number of benzene rings is 1. The zero-order valence-electron chi connectivity index (χ0n) is 15.9. The summed E-state index contributed by atoms with van der Waals surface area (Å²) in [5.74, 6) is 0.759. The lowest BCUT2D eigenvalue weighted by Gasteiger charge is -2.36. The molecule has 1 unspecified atom stereocenters. The minimum Gasteiger partial charge on any atom is -0.376 e. The van der Waals surface area contributed by atoms with Crippen molar-refractivity contribution in [2.75, 3.05) is 57.8 Å². The highest BCUT2D eigenvalue weighted by Crippen LogP contribution is 2.15. The third-order valence-corrected chi connectivity index (χ3v) is 4.91. The Kier molecular flexibility index (Phi) is 9.12. The van der Waals surface area contributed by atoms with Crippen molar-refractivity contribution < 1.29 is 9.53 Å². The molecule has 8 heteroatoms. The Balaban J connectivity index is 0.00000261. The van der Waals surface area contributed by atoms with Crippen LogP contribution < -0.4 is 15.5 Å². The van der Waals surface area contributed by atoms with Gasteiger partial charge in [0.25, 0.3) is 0 Å². The van der Waals surface area contributed by atoms with E-state index < -0.39 is 0 Å². The monoisotopic (exact) mass is 487 g/mol. The summed E-state index contributed by atoms with van der Waals surface area (Å²) in [7, 11) is 1.72. The molecule has 0 aromatic heterocycles. The van der Waals surface area contributed by atoms with Crippen molar-refractivity contribution in [3.63, 3.8) is 0 Å². The van der Waals surface area contributed by atoms with Gasteiger partial charge in [0.05, 0.1) is 12.6 Å². The predicted octanol–water partition coefficient (Wildman–Crippen LogP) is 1.30. The SMILES string of the molecule is CN=C(NCC(=O)N1CCN(c2ccccc2)CC1)NCC1CCCO1.I. The molecule has 1 aromatic rings. The molecule has 2 N–H and O–H groups in total. The smallest absolute Gasteiger partial charge is 0.242 e. The Morgan fingerprint density at radius 2 is 1.93 bits per heavy atom. The highest BCUT2D eigenvalue weighted by Gasteiger charge is 2.21. The fourth-order valence-corrected chi connectivity index (χ4v) is 3.36. The number of nitrogens with one attached hydrogen (secondary N) is 2. The lowest BCUT2D eigenvalue weighted by molar-refractivity contribution is -0.130. The molecule has 2 aliphatic rings. The molecule has 0 saturated carbocycles. The summed E-state index contributed by atoms with van der Waals surface area (Å²) in [4.78, 5) is 20.9. The second kappa shape index (κ2) is 11.3. The molecule has 2 aliphatic heterocycles. The first-order chi connectivity index (χ1) is 12.8. The van der Waals surface area contributed by atoms with E-state index in [1.807, 2.05) is 23.1 Å². The maximum Gasteiger partial charge on any atom is 0.242 e. The molecule has 1 aromatic carbocycles. The van der Waals surface area contributed by atoms with Crippen LogP contribution in [0.5, 0.6) is 0 Å². The summed E-state index contributed by atoms with van der Waals surface area (Å²) in [6.45, 7) is 5.05. The summed E-state index contributed by atoms with van der Waals surface area (Å²) in [5, 5.41) is 6.34. The molecule has 1 atom stereocenters. The van der Waals surface area contributed by atoms with Gasteiger partial charge in [-0.25, -0.2) is 0 Å². The number of carbonyl (C=O) groups excluding carboxylic acids is 1. The van der Waals surface area contributed by atoms with E-state index in [1.54, 1.807) is 7.05 Å². The Morgan fingerprint density at radius 1 is 1.19 bits per heavy atom. The number of amides is 1. The van der Waals surface area contributed by atoms with Gasteiger partial charge in [-0.1, -0.05) is 18.2 Å². The first kappa shape index (κ1) is 21.7. The van der Waals surface area contributed by atoms with Crippen molar-refractivity contribution in [1.29, 1.82) is 0 Å². The van der Waals surface area contributed by atoms with Crippen molar-refractivity contribution in [3.8, 4) is 0 Å². The second-order valence-corrected chi connectivity index (χ2v) is 6.65. The van der Waals surface area contributed by atoms with Crippen LogP contribution in [-0.4, -0.2) is 75.8 Å². The molecule has 2 heterocycles. The molecule has 2 saturated heterocycles. The van der Waals surface area contributed by atoms with Gasteiger partial charge in [-0.05, 0) is 25.0 Å². The number of aliphatic imine (C=N–C) groups is 1. The highest BCUT2D eigenvalue weighted by molar-refractivity contribution is 14.0. The highest BCUT2D eigenvalue weighted by atomic mass is 127. The zero-order chi connectivity index (χ0) is 18.2. The van der Waals surface area contributed by atoms with Crippen molar-refractivity contribution in [2.24, 2.45) is 4.99 Å². The summed E-state index contributed by atoms with van der Waals surface area (Å²) < 4.78 is 5.59. The first-order valence-corrected chi connectivity index (χ1v) is 9.40. The third-order valence-electron chi connectivity index (χ3n) is 4.91. The van der Waals surface area contributed by atoms with E-state index in [-0.39, 0.29) is 42.5 Å². The van der Waals surface area contributed by atoms with Gasteiger partial charge in [0, 0.05) is 52.1 Å². The Labute approximate surface area is 178 Å². The zero-order valence-corrected chi connectivity index (χ0v) is 18.2. The maximum atomic E-state index is 12.5. The van der Waals surface area contributed by atoms with Crippen LogP contribution in [0.25, 0.3) is 0 Å². The second-order valence-electron chi connectivity index (χ2n) is 6.65. The molecule has 0 aliphatic carbocycles. The molecule has 7 nitrogen and oxygen atoms in total. The van der Waals surface area contributed by atoms with Crippen LogP contribution in [0.4, 0.5) is 5.69 Å². The fourth-order valence-electron chi connectivity index (χ4n) is 3.36. The van der Waals surface area contributed by atoms with Gasteiger partial charge in [-0.2, -0.15) is 0 Å². The average molecular weight is 487 g/mol. The van der Waals surface area contributed by atoms with E-state index in [2.05, 4.69) is 32.7 Å². The largest absolute Gasteiger partial charge is 0.376 e. The summed E-state index contributed by atoms with van der Waals surface area (Å²) in [6.07, 6.45) is 2.44. The van der Waals surface area contributed by atoms with Gasteiger partial charge in [0.15, 0.2) is 5.96 Å². The number of anilines is 1. The number of piperazine rings is 1. The lowest BCUT2D eigenvalue weighted by Crippen LogP contribution is -2.52. The Bertz CT molecular complexity index is 599. The summed E-state index contributed by atoms with van der Waals surface area (Å²) in [6, 6.07) is 10.3. The fraction of sp³-hybridized carbons (Fsp3) is 0.579. The van der Waals surface area contributed by atoms with Crippen LogP contribution in [0.3, 0.4) is 0 Å². The van der Waals surface area contributed by atoms with E-state index >= 15 is 0 Å². The van der Waals surface area contributed by atoms with Gasteiger partial charge in [-0.3, -0.25) is 9.79 Å². The van der Waals surface area contributed by atoms with Crippen molar-refractivity contribution in [3.05, 3.63) is 30.3 Å². The quantitative estimate of drug-likeness (QED) is 0.373. The molecular weight excluding hydrogens is 457 g/mol. The number of halogens is 1. The Hall–Kier alpha value is -1.55. The van der Waals surface area contributed by atoms with Crippen LogP contribution in [0.15, 0.2) is 35.3 Å². The third kappa shape index (κ3) is 6.53. The van der Waals surface area contributed by atoms with Crippen LogP contribution in [-0.2, 0) is 9.53 Å². The number of para-hydroxylation sites is 1. The van der Waals surface area contributed by atoms with Crippen LogP contribution in [0.1, 0.15) is 12.8 Å². The van der Waals surface area contributed by atoms with Gasteiger partial charge in [0.2, 0.25) is 5.91 Å². The normalized spacial score (nSPS) is 20.2. The topological polar surface area (TPSA) is 69.2 Å². The molecule has 2 fully saturated rings. The molecule has 27 heavy (non-hydrogen) atoms. The van der Waals surface area contributed by atoms with E-state index in [0.717, 1.165) is 52.2 Å².